The van der Waals surface area contributed by atoms with Crippen molar-refractivity contribution in [2.75, 3.05) is 18.6 Å². The molecule has 202 valence electrons. The lowest BCUT2D eigenvalue weighted by Gasteiger charge is -2.26. The molecule has 1 aromatic heterocycles. The predicted molar refractivity (Wildman–Crippen MR) is 141 cm³/mol. The monoisotopic (exact) mass is 537 g/mol. The first-order valence-electron chi connectivity index (χ1n) is 12.6. The number of unbranched alkanes of at least 4 members (excludes halogenated alkanes) is 2. The van der Waals surface area contributed by atoms with Crippen LogP contribution in [0.5, 0.6) is 11.5 Å². The second-order valence-electron chi connectivity index (χ2n) is 9.26. The highest BCUT2D eigenvalue weighted by atomic mass is 19.4. The molecule has 0 saturated heterocycles. The summed E-state index contributed by atoms with van der Waals surface area (Å²) in [7, 11) is 1.47. The predicted octanol–water partition coefficient (Wildman–Crippen LogP) is 7.14. The van der Waals surface area contributed by atoms with Crippen LogP contribution in [0.15, 0.2) is 75.9 Å². The Bertz CT molecular complexity index is 1590. The Morgan fingerprint density at radius 3 is 2.49 bits per heavy atom. The van der Waals surface area contributed by atoms with E-state index in [1.54, 1.807) is 42.5 Å². The van der Waals surface area contributed by atoms with Gasteiger partial charge in [0, 0.05) is 5.69 Å². The minimum absolute atomic E-state index is 0.0199. The van der Waals surface area contributed by atoms with Gasteiger partial charge in [-0.05, 0) is 54.4 Å². The number of methoxy groups -OCH3 is 1. The summed E-state index contributed by atoms with van der Waals surface area (Å²) in [5, 5.41) is 0.266. The Labute approximate surface area is 222 Å². The summed E-state index contributed by atoms with van der Waals surface area (Å²) < 4.78 is 58.0. The molecule has 0 aliphatic carbocycles. The van der Waals surface area contributed by atoms with E-state index in [-0.39, 0.29) is 28.0 Å². The fourth-order valence-corrected chi connectivity index (χ4v) is 4.84. The van der Waals surface area contributed by atoms with E-state index in [1.807, 2.05) is 0 Å². The summed E-state index contributed by atoms with van der Waals surface area (Å²) >= 11 is 0. The number of carbonyl (C=O) groups is 1. The first-order chi connectivity index (χ1) is 18.7. The number of ether oxygens (including phenoxy) is 2. The average molecular weight is 538 g/mol. The molecule has 9 heteroatoms. The number of amides is 1. The molecule has 0 saturated carbocycles. The van der Waals surface area contributed by atoms with Crippen molar-refractivity contribution in [1.82, 2.24) is 0 Å². The third-order valence-electron chi connectivity index (χ3n) is 6.74. The first-order valence-corrected chi connectivity index (χ1v) is 12.6. The van der Waals surface area contributed by atoms with Crippen LogP contribution in [0, 0.1) is 0 Å². The number of halogens is 3. The van der Waals surface area contributed by atoms with Gasteiger partial charge in [0.1, 0.15) is 5.58 Å². The van der Waals surface area contributed by atoms with Crippen molar-refractivity contribution in [1.29, 1.82) is 0 Å². The lowest BCUT2D eigenvalue weighted by Crippen LogP contribution is -2.29. The van der Waals surface area contributed by atoms with Gasteiger partial charge in [-0.1, -0.05) is 44.0 Å². The molecule has 0 N–H and O–H groups in total. The number of anilines is 1. The lowest BCUT2D eigenvalue weighted by atomic mass is 9.97. The molecule has 0 radical (unpaired) electrons. The zero-order chi connectivity index (χ0) is 27.7. The van der Waals surface area contributed by atoms with E-state index >= 15 is 0 Å². The van der Waals surface area contributed by atoms with E-state index in [4.69, 9.17) is 13.9 Å². The van der Waals surface area contributed by atoms with Gasteiger partial charge in [0.25, 0.3) is 5.91 Å². The number of hydrogen-bond donors (Lipinski definition) is 0. The fraction of sp³-hybridized carbons (Fsp3) is 0.267. The van der Waals surface area contributed by atoms with Crippen molar-refractivity contribution in [2.45, 2.75) is 38.4 Å². The summed E-state index contributed by atoms with van der Waals surface area (Å²) in [6, 6.07) is 14.9. The molecule has 1 unspecified atom stereocenters. The van der Waals surface area contributed by atoms with Gasteiger partial charge in [0.15, 0.2) is 16.9 Å². The number of benzene rings is 3. The molecule has 39 heavy (non-hydrogen) atoms. The van der Waals surface area contributed by atoms with Gasteiger partial charge < -0.3 is 13.9 Å². The highest BCUT2D eigenvalue weighted by Crippen LogP contribution is 2.44. The molecule has 0 spiro atoms. The van der Waals surface area contributed by atoms with E-state index in [2.05, 4.69) is 6.92 Å². The Kier molecular flexibility index (Phi) is 7.08. The molecule has 5 rings (SSSR count). The standard InChI is InChI=1S/C30H26F3NO5/c1-3-4-7-15-38-23-14-13-18(16-24(23)37-2)26-25-27(35)21-11-5-6-12-22(21)39-28(25)29(36)34(26)20-10-8-9-19(17-20)30(31,32)33/h5-6,8-14,16-17,26H,3-4,7,15H2,1-2H3. The third-order valence-corrected chi connectivity index (χ3v) is 6.74. The van der Waals surface area contributed by atoms with Gasteiger partial charge in [0.2, 0.25) is 5.76 Å². The maximum Gasteiger partial charge on any atom is 0.416 e. The number of para-hydroxylation sites is 1. The van der Waals surface area contributed by atoms with Crippen molar-refractivity contribution >= 4 is 22.6 Å². The number of alkyl halides is 3. The summed E-state index contributed by atoms with van der Waals surface area (Å²) in [6.07, 6.45) is -1.71. The number of carbonyl (C=O) groups excluding carboxylic acids is 1. The second kappa shape index (κ2) is 10.5. The van der Waals surface area contributed by atoms with Gasteiger partial charge in [-0.25, -0.2) is 0 Å². The van der Waals surface area contributed by atoms with E-state index in [0.29, 0.717) is 23.7 Å². The molecule has 3 aromatic carbocycles. The normalized spacial score (nSPS) is 15.1. The Morgan fingerprint density at radius 2 is 1.74 bits per heavy atom. The zero-order valence-corrected chi connectivity index (χ0v) is 21.4. The largest absolute Gasteiger partial charge is 0.493 e. The molecule has 1 amide bonds. The fourth-order valence-electron chi connectivity index (χ4n) is 4.84. The maximum atomic E-state index is 13.7. The molecule has 4 aromatic rings. The molecule has 1 aliphatic heterocycles. The molecular formula is C30H26F3NO5. The van der Waals surface area contributed by atoms with Gasteiger partial charge >= 0.3 is 6.18 Å². The van der Waals surface area contributed by atoms with Gasteiger partial charge in [0.05, 0.1) is 36.3 Å². The number of hydrogen-bond acceptors (Lipinski definition) is 5. The van der Waals surface area contributed by atoms with E-state index in [1.165, 1.54) is 24.1 Å². The zero-order valence-electron chi connectivity index (χ0n) is 21.4. The van der Waals surface area contributed by atoms with Crippen LogP contribution in [0.1, 0.15) is 59.5 Å². The number of nitrogens with zero attached hydrogens (tertiary/aromatic N) is 1. The molecule has 0 fully saturated rings. The van der Waals surface area contributed by atoms with Gasteiger partial charge in [-0.15, -0.1) is 0 Å². The van der Waals surface area contributed by atoms with Crippen LogP contribution in [-0.4, -0.2) is 19.6 Å². The molecule has 6 nitrogen and oxygen atoms in total. The van der Waals surface area contributed by atoms with Crippen molar-refractivity contribution in [3.63, 3.8) is 0 Å². The molecular weight excluding hydrogens is 511 g/mol. The lowest BCUT2D eigenvalue weighted by molar-refractivity contribution is -0.137. The topological polar surface area (TPSA) is 69.0 Å². The summed E-state index contributed by atoms with van der Waals surface area (Å²) in [5.41, 5.74) is -0.644. The second-order valence-corrected chi connectivity index (χ2v) is 9.26. The van der Waals surface area contributed by atoms with Crippen LogP contribution >= 0.6 is 0 Å². The van der Waals surface area contributed by atoms with Crippen LogP contribution in [0.2, 0.25) is 0 Å². The third kappa shape index (κ3) is 4.84. The minimum atomic E-state index is -4.62. The Balaban J connectivity index is 1.68. The maximum absolute atomic E-state index is 13.7. The quantitative estimate of drug-likeness (QED) is 0.224. The average Bonchev–Trinajstić information content (AvgIpc) is 3.23. The van der Waals surface area contributed by atoms with Crippen LogP contribution < -0.4 is 19.8 Å². The Hall–Kier alpha value is -4.27. The molecule has 1 aliphatic rings. The van der Waals surface area contributed by atoms with Crippen molar-refractivity contribution in [3.8, 4) is 11.5 Å². The van der Waals surface area contributed by atoms with Crippen LogP contribution in [0.3, 0.4) is 0 Å². The van der Waals surface area contributed by atoms with Crippen LogP contribution in [-0.2, 0) is 6.18 Å². The molecule has 0 bridgehead atoms. The van der Waals surface area contributed by atoms with Crippen molar-refractivity contribution in [2.24, 2.45) is 0 Å². The number of fused-ring (bicyclic) bond motifs is 2. The first kappa shape index (κ1) is 26.3. The molecule has 2 heterocycles. The van der Waals surface area contributed by atoms with Crippen molar-refractivity contribution < 1.29 is 31.9 Å². The van der Waals surface area contributed by atoms with Gasteiger partial charge in [-0.3, -0.25) is 14.5 Å². The van der Waals surface area contributed by atoms with E-state index < -0.39 is 29.1 Å². The van der Waals surface area contributed by atoms with Crippen molar-refractivity contribution in [3.05, 3.63) is 99.4 Å². The van der Waals surface area contributed by atoms with Gasteiger partial charge in [-0.2, -0.15) is 13.2 Å². The van der Waals surface area contributed by atoms with E-state index in [9.17, 15) is 22.8 Å². The smallest absolute Gasteiger partial charge is 0.416 e. The highest BCUT2D eigenvalue weighted by Gasteiger charge is 2.44. The summed E-state index contributed by atoms with van der Waals surface area (Å²) in [5.74, 6) is -0.0619. The van der Waals surface area contributed by atoms with Crippen LogP contribution in [0.4, 0.5) is 18.9 Å². The Morgan fingerprint density at radius 1 is 0.949 bits per heavy atom. The number of rotatable bonds is 8. The molecule has 1 atom stereocenters. The van der Waals surface area contributed by atoms with Crippen LogP contribution in [0.25, 0.3) is 11.0 Å². The van der Waals surface area contributed by atoms with E-state index in [0.717, 1.165) is 31.4 Å². The summed E-state index contributed by atoms with van der Waals surface area (Å²) in [4.78, 5) is 28.6. The SMILES string of the molecule is CCCCCOc1ccc(C2c3c(oc4ccccc4c3=O)C(=O)N2c2cccc(C(F)(F)F)c2)cc1OC. The minimum Gasteiger partial charge on any atom is -0.493 e. The highest BCUT2D eigenvalue weighted by molar-refractivity contribution is 6.10. The summed E-state index contributed by atoms with van der Waals surface area (Å²) in [6.45, 7) is 2.58.